The number of fused-ring (bicyclic) bond motifs is 1. The average Bonchev–Trinajstić information content (AvgIpc) is 2.83. The number of aromatic nitrogens is 2. The van der Waals surface area contributed by atoms with Crippen LogP contribution in [0.15, 0.2) is 24.3 Å². The number of para-hydroxylation sites is 2. The summed E-state index contributed by atoms with van der Waals surface area (Å²) in [5.74, 6) is 0.877. The van der Waals surface area contributed by atoms with E-state index in [1.165, 1.54) is 0 Å². The molecule has 0 spiro atoms. The molecule has 1 saturated heterocycles. The Morgan fingerprint density at radius 1 is 1.52 bits per heavy atom. The van der Waals surface area contributed by atoms with E-state index < -0.39 is 0 Å². The third kappa shape index (κ3) is 3.22. The number of carbonyl (C=O) groups excluding carboxylic acids is 1. The summed E-state index contributed by atoms with van der Waals surface area (Å²) in [6.07, 6.45) is 0.434. The van der Waals surface area contributed by atoms with Crippen LogP contribution in [0.4, 0.5) is 0 Å². The third-order valence-corrected chi connectivity index (χ3v) is 3.75. The molecule has 6 nitrogen and oxygen atoms in total. The number of imidazole rings is 1. The Labute approximate surface area is 123 Å². The summed E-state index contributed by atoms with van der Waals surface area (Å²) in [5.41, 5.74) is 2.02. The third-order valence-electron chi connectivity index (χ3n) is 3.75. The first kappa shape index (κ1) is 14.0. The molecule has 1 amide bonds. The first-order valence-electron chi connectivity index (χ1n) is 7.22. The minimum absolute atomic E-state index is 0.0186. The Balaban J connectivity index is 1.58. The van der Waals surface area contributed by atoms with Gasteiger partial charge in [0.25, 0.3) is 0 Å². The van der Waals surface area contributed by atoms with E-state index in [9.17, 15) is 4.79 Å². The molecular formula is C15H20N4O2. The molecular weight excluding hydrogens is 268 g/mol. The van der Waals surface area contributed by atoms with Crippen molar-refractivity contribution in [3.63, 3.8) is 0 Å². The second-order valence-corrected chi connectivity index (χ2v) is 5.28. The highest BCUT2D eigenvalue weighted by molar-refractivity contribution is 5.77. The van der Waals surface area contributed by atoms with E-state index in [1.807, 2.05) is 35.9 Å². The molecule has 1 unspecified atom stereocenters. The van der Waals surface area contributed by atoms with Gasteiger partial charge in [0.05, 0.1) is 30.8 Å². The van der Waals surface area contributed by atoms with Crippen LogP contribution in [0.2, 0.25) is 0 Å². The molecule has 2 N–H and O–H groups in total. The predicted molar refractivity (Wildman–Crippen MR) is 79.8 cm³/mol. The van der Waals surface area contributed by atoms with E-state index in [-0.39, 0.29) is 11.9 Å². The largest absolute Gasteiger partial charge is 0.378 e. The van der Waals surface area contributed by atoms with E-state index in [1.54, 1.807) is 0 Å². The molecule has 1 aromatic heterocycles. The molecule has 112 valence electrons. The molecule has 0 aliphatic carbocycles. The van der Waals surface area contributed by atoms with Crippen molar-refractivity contribution in [3.05, 3.63) is 30.1 Å². The topological polar surface area (TPSA) is 68.2 Å². The van der Waals surface area contributed by atoms with E-state index in [0.29, 0.717) is 19.6 Å². The number of nitrogens with one attached hydrogen (secondary N) is 2. The van der Waals surface area contributed by atoms with Gasteiger partial charge < -0.3 is 19.9 Å². The number of hydrogen-bond donors (Lipinski definition) is 2. The lowest BCUT2D eigenvalue weighted by Crippen LogP contribution is -2.44. The van der Waals surface area contributed by atoms with E-state index in [4.69, 9.17) is 4.74 Å². The minimum atomic E-state index is 0.0186. The lowest BCUT2D eigenvalue weighted by molar-refractivity contribution is -0.122. The SMILES string of the molecule is Cn1c(CNC(=O)CC2COCCN2)nc2ccccc21. The fourth-order valence-corrected chi connectivity index (χ4v) is 2.58. The number of benzene rings is 1. The van der Waals surface area contributed by atoms with Gasteiger partial charge in [-0.1, -0.05) is 12.1 Å². The first-order chi connectivity index (χ1) is 10.2. The maximum Gasteiger partial charge on any atom is 0.222 e. The zero-order chi connectivity index (χ0) is 14.7. The van der Waals surface area contributed by atoms with Gasteiger partial charge in [0.2, 0.25) is 5.91 Å². The van der Waals surface area contributed by atoms with Gasteiger partial charge in [-0.15, -0.1) is 0 Å². The van der Waals surface area contributed by atoms with Crippen molar-refractivity contribution in [3.8, 4) is 0 Å². The molecule has 2 aromatic rings. The number of aryl methyl sites for hydroxylation is 1. The Morgan fingerprint density at radius 3 is 3.14 bits per heavy atom. The summed E-state index contributed by atoms with van der Waals surface area (Å²) >= 11 is 0. The minimum Gasteiger partial charge on any atom is -0.378 e. The molecule has 0 radical (unpaired) electrons. The second-order valence-electron chi connectivity index (χ2n) is 5.28. The Hall–Kier alpha value is -1.92. The van der Waals surface area contributed by atoms with Crippen molar-refractivity contribution in [1.82, 2.24) is 20.2 Å². The van der Waals surface area contributed by atoms with Crippen LogP contribution in [-0.4, -0.2) is 41.3 Å². The summed E-state index contributed by atoms with van der Waals surface area (Å²) < 4.78 is 7.36. The first-order valence-corrected chi connectivity index (χ1v) is 7.22. The maximum atomic E-state index is 12.0. The van der Waals surface area contributed by atoms with Gasteiger partial charge in [0.1, 0.15) is 5.82 Å². The fourth-order valence-electron chi connectivity index (χ4n) is 2.58. The Kier molecular flexibility index (Phi) is 4.17. The summed E-state index contributed by atoms with van der Waals surface area (Å²) in [4.78, 5) is 16.5. The fraction of sp³-hybridized carbons (Fsp3) is 0.467. The second kappa shape index (κ2) is 6.24. The predicted octanol–water partition coefficient (Wildman–Crippen LogP) is 0.568. The normalized spacial score (nSPS) is 18.8. The molecule has 6 heteroatoms. The molecule has 21 heavy (non-hydrogen) atoms. The summed E-state index contributed by atoms with van der Waals surface area (Å²) in [7, 11) is 1.97. The van der Waals surface area contributed by atoms with Crippen molar-refractivity contribution in [2.75, 3.05) is 19.8 Å². The highest BCUT2D eigenvalue weighted by atomic mass is 16.5. The molecule has 3 rings (SSSR count). The number of morpholine rings is 1. The molecule has 2 heterocycles. The van der Waals surface area contributed by atoms with E-state index in [0.717, 1.165) is 30.0 Å². The standard InChI is InChI=1S/C15H20N4O2/c1-19-13-5-3-2-4-12(13)18-14(19)9-17-15(20)8-11-10-21-7-6-16-11/h2-5,11,16H,6-10H2,1H3,(H,17,20). The Morgan fingerprint density at radius 2 is 2.38 bits per heavy atom. The summed E-state index contributed by atoms with van der Waals surface area (Å²) in [6, 6.07) is 8.06. The smallest absolute Gasteiger partial charge is 0.222 e. The van der Waals surface area contributed by atoms with Crippen molar-refractivity contribution in [2.24, 2.45) is 7.05 Å². The van der Waals surface area contributed by atoms with Crippen LogP contribution in [-0.2, 0) is 23.1 Å². The highest BCUT2D eigenvalue weighted by Gasteiger charge is 2.17. The van der Waals surface area contributed by atoms with E-state index >= 15 is 0 Å². The van der Waals surface area contributed by atoms with Crippen molar-refractivity contribution < 1.29 is 9.53 Å². The number of rotatable bonds is 4. The maximum absolute atomic E-state index is 12.0. The van der Waals surface area contributed by atoms with Gasteiger partial charge in [0.15, 0.2) is 0 Å². The van der Waals surface area contributed by atoms with Gasteiger partial charge >= 0.3 is 0 Å². The number of amides is 1. The van der Waals surface area contributed by atoms with Crippen LogP contribution >= 0.6 is 0 Å². The Bertz CT molecular complexity index is 632. The van der Waals surface area contributed by atoms with Crippen LogP contribution in [0.3, 0.4) is 0 Å². The summed E-state index contributed by atoms with van der Waals surface area (Å²) in [6.45, 7) is 2.57. The molecule has 1 aliphatic rings. The van der Waals surface area contributed by atoms with E-state index in [2.05, 4.69) is 15.6 Å². The van der Waals surface area contributed by atoms with Crippen LogP contribution in [0, 0.1) is 0 Å². The van der Waals surface area contributed by atoms with Crippen molar-refractivity contribution in [2.45, 2.75) is 19.0 Å². The van der Waals surface area contributed by atoms with Gasteiger partial charge in [0, 0.05) is 26.1 Å². The van der Waals surface area contributed by atoms with Crippen LogP contribution in [0.1, 0.15) is 12.2 Å². The highest BCUT2D eigenvalue weighted by Crippen LogP contribution is 2.13. The lowest BCUT2D eigenvalue weighted by Gasteiger charge is -2.23. The quantitative estimate of drug-likeness (QED) is 0.863. The molecule has 1 fully saturated rings. The number of hydrogen-bond acceptors (Lipinski definition) is 4. The monoisotopic (exact) mass is 288 g/mol. The number of ether oxygens (including phenoxy) is 1. The van der Waals surface area contributed by atoms with Gasteiger partial charge in [-0.25, -0.2) is 4.98 Å². The van der Waals surface area contributed by atoms with Crippen LogP contribution in [0.5, 0.6) is 0 Å². The van der Waals surface area contributed by atoms with Gasteiger partial charge in [-0.2, -0.15) is 0 Å². The zero-order valence-electron chi connectivity index (χ0n) is 12.1. The van der Waals surface area contributed by atoms with Crippen LogP contribution < -0.4 is 10.6 Å². The molecule has 1 atom stereocenters. The lowest BCUT2D eigenvalue weighted by atomic mass is 10.2. The van der Waals surface area contributed by atoms with Gasteiger partial charge in [-0.05, 0) is 12.1 Å². The number of carbonyl (C=O) groups is 1. The van der Waals surface area contributed by atoms with Crippen LogP contribution in [0.25, 0.3) is 11.0 Å². The molecule has 0 saturated carbocycles. The zero-order valence-corrected chi connectivity index (χ0v) is 12.1. The molecule has 1 aliphatic heterocycles. The number of nitrogens with zero attached hydrogens (tertiary/aromatic N) is 2. The van der Waals surface area contributed by atoms with Crippen molar-refractivity contribution >= 4 is 16.9 Å². The molecule has 0 bridgehead atoms. The summed E-state index contributed by atoms with van der Waals surface area (Å²) in [5, 5.41) is 6.20. The average molecular weight is 288 g/mol. The molecule has 1 aromatic carbocycles. The van der Waals surface area contributed by atoms with Gasteiger partial charge in [-0.3, -0.25) is 4.79 Å². The van der Waals surface area contributed by atoms with Crippen molar-refractivity contribution in [1.29, 1.82) is 0 Å².